The number of ether oxygens (including phenoxy) is 4. The third-order valence-electron chi connectivity index (χ3n) is 12.3. The first-order chi connectivity index (χ1) is 35.6. The van der Waals surface area contributed by atoms with E-state index in [1.54, 1.807) is 0 Å². The second kappa shape index (κ2) is 54.5. The molecule has 0 aliphatic rings. The highest BCUT2D eigenvalue weighted by atomic mass is 16.7. The minimum atomic E-state index is -1.62. The fourth-order valence-corrected chi connectivity index (χ4v) is 7.85. The molecular formula is C64H109NO8. The number of hydrogen-bond acceptors (Lipinski definition) is 8. The maximum absolute atomic E-state index is 12.8. The van der Waals surface area contributed by atoms with Crippen LogP contribution in [0, 0.1) is 0 Å². The highest BCUT2D eigenvalue weighted by Gasteiger charge is 2.22. The number of hydrogen-bond donors (Lipinski definition) is 0. The monoisotopic (exact) mass is 1020 g/mol. The molecule has 0 radical (unpaired) electrons. The average molecular weight is 1020 g/mol. The van der Waals surface area contributed by atoms with Crippen molar-refractivity contribution in [1.29, 1.82) is 0 Å². The van der Waals surface area contributed by atoms with E-state index in [2.05, 4.69) is 111 Å². The molecule has 418 valence electrons. The predicted molar refractivity (Wildman–Crippen MR) is 306 cm³/mol. The van der Waals surface area contributed by atoms with Crippen molar-refractivity contribution in [1.82, 2.24) is 0 Å². The Balaban J connectivity index is 4.09. The van der Waals surface area contributed by atoms with Gasteiger partial charge in [-0.15, -0.1) is 0 Å². The summed E-state index contributed by atoms with van der Waals surface area (Å²) in [6.07, 6.45) is 70.4. The molecule has 0 heterocycles. The van der Waals surface area contributed by atoms with Crippen LogP contribution in [-0.4, -0.2) is 82.3 Å². The molecule has 0 aromatic heterocycles. The van der Waals surface area contributed by atoms with Crippen LogP contribution >= 0.6 is 0 Å². The highest BCUT2D eigenvalue weighted by molar-refractivity contribution is 5.70. The lowest BCUT2D eigenvalue weighted by Crippen LogP contribution is -2.44. The molecule has 0 spiro atoms. The third-order valence-corrected chi connectivity index (χ3v) is 12.3. The van der Waals surface area contributed by atoms with Crippen LogP contribution < -0.4 is 5.11 Å². The number of carboxylic acids is 1. The number of carbonyl (C=O) groups is 3. The normalized spacial score (nSPS) is 13.5. The molecule has 0 saturated carbocycles. The summed E-state index contributed by atoms with van der Waals surface area (Å²) in [5.41, 5.74) is 0. The predicted octanol–water partition coefficient (Wildman–Crippen LogP) is 16.0. The highest BCUT2D eigenvalue weighted by Crippen LogP contribution is 2.16. The van der Waals surface area contributed by atoms with Gasteiger partial charge in [0.1, 0.15) is 13.2 Å². The number of allylic oxidation sites excluding steroid dienone is 16. The Morgan fingerprint density at radius 2 is 0.781 bits per heavy atom. The Bertz CT molecular complexity index is 1520. The van der Waals surface area contributed by atoms with Gasteiger partial charge in [-0.3, -0.25) is 9.59 Å². The molecule has 0 fully saturated rings. The molecule has 0 aliphatic heterocycles. The molecular weight excluding hydrogens is 911 g/mol. The van der Waals surface area contributed by atoms with Crippen LogP contribution in [0.5, 0.6) is 0 Å². The summed E-state index contributed by atoms with van der Waals surface area (Å²) >= 11 is 0. The Kier molecular flexibility index (Phi) is 51.6. The second-order valence-corrected chi connectivity index (χ2v) is 20.6. The Morgan fingerprint density at radius 3 is 1.16 bits per heavy atom. The summed E-state index contributed by atoms with van der Waals surface area (Å²) in [4.78, 5) is 37.1. The van der Waals surface area contributed by atoms with Gasteiger partial charge in [-0.25, -0.2) is 0 Å². The number of quaternary nitrogens is 1. The molecule has 0 aromatic rings. The molecule has 9 heteroatoms. The zero-order valence-electron chi connectivity index (χ0n) is 47.5. The summed E-state index contributed by atoms with van der Waals surface area (Å²) in [5, 5.41) is 11.7. The van der Waals surface area contributed by atoms with Crippen molar-refractivity contribution in [2.24, 2.45) is 0 Å². The fourth-order valence-electron chi connectivity index (χ4n) is 7.85. The number of nitrogens with zero attached hydrogens (tertiary/aromatic N) is 1. The van der Waals surface area contributed by atoms with Crippen molar-refractivity contribution in [2.45, 2.75) is 245 Å². The van der Waals surface area contributed by atoms with Gasteiger partial charge in [0.25, 0.3) is 0 Å². The summed E-state index contributed by atoms with van der Waals surface area (Å²) in [5.74, 6) is -2.29. The maximum Gasteiger partial charge on any atom is 0.306 e. The molecule has 9 nitrogen and oxygen atoms in total. The zero-order chi connectivity index (χ0) is 53.4. The Hall–Kier alpha value is -3.79. The van der Waals surface area contributed by atoms with Gasteiger partial charge in [-0.1, -0.05) is 239 Å². The maximum atomic E-state index is 12.8. The van der Waals surface area contributed by atoms with E-state index in [0.29, 0.717) is 23.9 Å². The van der Waals surface area contributed by atoms with Crippen LogP contribution in [-0.2, 0) is 33.3 Å². The summed E-state index contributed by atoms with van der Waals surface area (Å²) in [7, 11) is 5.91. The van der Waals surface area contributed by atoms with Gasteiger partial charge in [0, 0.05) is 12.8 Å². The molecule has 0 aliphatic carbocycles. The van der Waals surface area contributed by atoms with Crippen molar-refractivity contribution in [3.05, 3.63) is 97.2 Å². The molecule has 0 amide bonds. The number of rotatable bonds is 53. The largest absolute Gasteiger partial charge is 0.545 e. The van der Waals surface area contributed by atoms with Gasteiger partial charge in [-0.2, -0.15) is 0 Å². The Morgan fingerprint density at radius 1 is 0.425 bits per heavy atom. The van der Waals surface area contributed by atoms with Gasteiger partial charge in [-0.05, 0) is 77.0 Å². The van der Waals surface area contributed by atoms with E-state index in [-0.39, 0.29) is 32.2 Å². The number of carboxylic acid groups (broad SMARTS) is 1. The number of carbonyl (C=O) groups excluding carboxylic acids is 3. The molecule has 2 unspecified atom stereocenters. The quantitative estimate of drug-likeness (QED) is 0.0195. The molecule has 0 N–H and O–H groups in total. The zero-order valence-corrected chi connectivity index (χ0v) is 47.5. The molecule has 2 atom stereocenters. The number of aliphatic carboxylic acids is 1. The topological polar surface area (TPSA) is 111 Å². The van der Waals surface area contributed by atoms with Gasteiger partial charge < -0.3 is 33.3 Å². The van der Waals surface area contributed by atoms with Gasteiger partial charge >= 0.3 is 11.9 Å². The van der Waals surface area contributed by atoms with Gasteiger partial charge in [0.2, 0.25) is 0 Å². The minimum absolute atomic E-state index is 0.145. The van der Waals surface area contributed by atoms with Crippen LogP contribution in [0.3, 0.4) is 0 Å². The standard InChI is InChI=1S/C64H109NO8/c1-6-8-10-12-14-16-18-19-20-21-22-23-24-25-26-27-28-29-30-31-32-33-34-35-36-37-38-39-40-41-42-43-45-47-49-51-53-55-62(67)73-60(59-72-64(63(68)69)70-57-56-65(3,4)5)58-71-61(66)54-52-50-48-46-44-17-15-13-11-9-7-2/h8,10,14,16,19-20,22-23,25-26,28-29,31-32,34-35,60,64H,6-7,9,11-13,15,17-18,21,24,27,30,33,36-59H2,1-5H3/b10-8-,16-14-,20-19-,23-22-,26-25-,29-28-,32-31-,35-34-. The summed E-state index contributed by atoms with van der Waals surface area (Å²) in [6.45, 7) is 4.62. The molecule has 0 bridgehead atoms. The lowest BCUT2D eigenvalue weighted by Gasteiger charge is -2.26. The van der Waals surface area contributed by atoms with E-state index in [1.165, 1.54) is 109 Å². The molecule has 0 rings (SSSR count). The van der Waals surface area contributed by atoms with E-state index in [0.717, 1.165) is 89.9 Å². The van der Waals surface area contributed by atoms with E-state index in [1.807, 2.05) is 21.1 Å². The third kappa shape index (κ3) is 55.8. The molecule has 0 saturated heterocycles. The van der Waals surface area contributed by atoms with Crippen LogP contribution in [0.15, 0.2) is 97.2 Å². The van der Waals surface area contributed by atoms with Crippen molar-refractivity contribution in [3.63, 3.8) is 0 Å². The minimum Gasteiger partial charge on any atom is -0.545 e. The van der Waals surface area contributed by atoms with Crippen molar-refractivity contribution >= 4 is 17.9 Å². The Labute approximate surface area is 448 Å². The van der Waals surface area contributed by atoms with Gasteiger partial charge in [0.15, 0.2) is 12.4 Å². The first kappa shape index (κ1) is 69.2. The van der Waals surface area contributed by atoms with Crippen LogP contribution in [0.25, 0.3) is 0 Å². The van der Waals surface area contributed by atoms with E-state index < -0.39 is 24.3 Å². The SMILES string of the molecule is CC/C=C\C/C=C\C/C=C\C/C=C\C/C=C\C/C=C\C/C=C\C/C=C\CCCCCCCCCCCCCCC(=O)OC(COC(=O)CCCCCCCCCCCCC)COC(OCC[N+](C)(C)C)C(=O)[O-]. The van der Waals surface area contributed by atoms with Crippen LogP contribution in [0.2, 0.25) is 0 Å². The second-order valence-electron chi connectivity index (χ2n) is 20.6. The van der Waals surface area contributed by atoms with Crippen LogP contribution in [0.4, 0.5) is 0 Å². The first-order valence-corrected chi connectivity index (χ1v) is 29.4. The summed E-state index contributed by atoms with van der Waals surface area (Å²) in [6, 6.07) is 0. The van der Waals surface area contributed by atoms with Crippen LogP contribution in [0.1, 0.15) is 232 Å². The van der Waals surface area contributed by atoms with Crippen molar-refractivity contribution in [3.8, 4) is 0 Å². The van der Waals surface area contributed by atoms with Crippen molar-refractivity contribution in [2.75, 3.05) is 47.5 Å². The van der Waals surface area contributed by atoms with E-state index >= 15 is 0 Å². The lowest BCUT2D eigenvalue weighted by atomic mass is 10.0. The smallest absolute Gasteiger partial charge is 0.306 e. The molecule has 0 aromatic carbocycles. The van der Waals surface area contributed by atoms with Crippen molar-refractivity contribution < 1.29 is 42.9 Å². The number of unbranched alkanes of at least 4 members (excludes halogenated alkanes) is 22. The number of esters is 2. The first-order valence-electron chi connectivity index (χ1n) is 29.4. The summed E-state index contributed by atoms with van der Waals surface area (Å²) < 4.78 is 22.6. The van der Waals surface area contributed by atoms with Gasteiger partial charge in [0.05, 0.1) is 40.3 Å². The van der Waals surface area contributed by atoms with E-state index in [9.17, 15) is 19.5 Å². The number of likely N-dealkylation sites (N-methyl/N-ethyl adjacent to an activating group) is 1. The molecule has 73 heavy (non-hydrogen) atoms. The fraction of sp³-hybridized carbons (Fsp3) is 0.703. The van der Waals surface area contributed by atoms with E-state index in [4.69, 9.17) is 18.9 Å². The average Bonchev–Trinajstić information content (AvgIpc) is 3.36. The lowest BCUT2D eigenvalue weighted by molar-refractivity contribution is -0.870.